The van der Waals surface area contributed by atoms with Gasteiger partial charge in [-0.25, -0.2) is 0 Å². The molecule has 0 aromatic heterocycles. The van der Waals surface area contributed by atoms with Crippen molar-refractivity contribution in [3.8, 4) is 0 Å². The standard InChI is InChI=1S/C4H8ClNO2.ClH/c1-4(6,2-5)3(7)8;/h2,6H2,1H3,(H,7,8);1H. The highest BCUT2D eigenvalue weighted by atomic mass is 35.5. The van der Waals surface area contributed by atoms with Crippen LogP contribution in [-0.2, 0) is 4.79 Å². The molecule has 0 bridgehead atoms. The van der Waals surface area contributed by atoms with E-state index in [-0.39, 0.29) is 18.3 Å². The van der Waals surface area contributed by atoms with Crippen LogP contribution < -0.4 is 5.73 Å². The van der Waals surface area contributed by atoms with Gasteiger partial charge in [0.1, 0.15) is 5.54 Å². The van der Waals surface area contributed by atoms with E-state index < -0.39 is 11.5 Å². The summed E-state index contributed by atoms with van der Waals surface area (Å²) in [7, 11) is 0. The van der Waals surface area contributed by atoms with Gasteiger partial charge < -0.3 is 10.8 Å². The van der Waals surface area contributed by atoms with Gasteiger partial charge >= 0.3 is 5.97 Å². The van der Waals surface area contributed by atoms with Crippen molar-refractivity contribution in [3.05, 3.63) is 0 Å². The van der Waals surface area contributed by atoms with Crippen LogP contribution in [0.25, 0.3) is 0 Å². The Balaban J connectivity index is 0. The third-order valence-electron chi connectivity index (χ3n) is 0.766. The van der Waals surface area contributed by atoms with E-state index in [1.807, 2.05) is 0 Å². The molecule has 0 aliphatic rings. The predicted octanol–water partition coefficient (Wildman–Crippen LogP) is 0.449. The van der Waals surface area contributed by atoms with E-state index in [2.05, 4.69) is 0 Å². The minimum atomic E-state index is -1.28. The number of carboxylic acids is 1. The molecule has 0 aliphatic heterocycles. The molecule has 3 N–H and O–H groups in total. The fraction of sp³-hybridized carbons (Fsp3) is 0.750. The van der Waals surface area contributed by atoms with Crippen LogP contribution in [0.1, 0.15) is 6.92 Å². The molecule has 0 aromatic carbocycles. The molecule has 3 nitrogen and oxygen atoms in total. The third kappa shape index (κ3) is 3.56. The van der Waals surface area contributed by atoms with Crippen LogP contribution in [-0.4, -0.2) is 22.5 Å². The molecular weight excluding hydrogens is 165 g/mol. The van der Waals surface area contributed by atoms with Crippen LogP contribution in [0.15, 0.2) is 0 Å². The lowest BCUT2D eigenvalue weighted by atomic mass is 10.1. The summed E-state index contributed by atoms with van der Waals surface area (Å²) in [5, 5.41) is 8.23. The summed E-state index contributed by atoms with van der Waals surface area (Å²) in [4.78, 5) is 10.0. The molecule has 0 aliphatic carbocycles. The Labute approximate surface area is 64.6 Å². The zero-order valence-corrected chi connectivity index (χ0v) is 6.50. The first-order valence-electron chi connectivity index (χ1n) is 2.09. The average molecular weight is 174 g/mol. The van der Waals surface area contributed by atoms with Crippen LogP contribution in [0.3, 0.4) is 0 Å². The van der Waals surface area contributed by atoms with Crippen molar-refractivity contribution in [2.24, 2.45) is 5.73 Å². The van der Waals surface area contributed by atoms with E-state index in [0.29, 0.717) is 0 Å². The summed E-state index contributed by atoms with van der Waals surface area (Å²) in [6, 6.07) is 0. The topological polar surface area (TPSA) is 63.3 Å². The number of carbonyl (C=O) groups is 1. The minimum Gasteiger partial charge on any atom is -0.480 e. The second-order valence-electron chi connectivity index (χ2n) is 1.86. The highest BCUT2D eigenvalue weighted by Gasteiger charge is 2.25. The monoisotopic (exact) mass is 173 g/mol. The van der Waals surface area contributed by atoms with Gasteiger partial charge in [-0.15, -0.1) is 24.0 Å². The summed E-state index contributed by atoms with van der Waals surface area (Å²) >= 11 is 5.18. The quantitative estimate of drug-likeness (QED) is 0.597. The maximum Gasteiger partial charge on any atom is 0.324 e. The van der Waals surface area contributed by atoms with Crippen molar-refractivity contribution in [1.82, 2.24) is 0 Å². The van der Waals surface area contributed by atoms with Crippen molar-refractivity contribution >= 4 is 30.0 Å². The number of nitrogens with two attached hydrogens (primary N) is 1. The molecule has 0 heterocycles. The van der Waals surface area contributed by atoms with Crippen molar-refractivity contribution in [1.29, 1.82) is 0 Å². The Morgan fingerprint density at radius 1 is 1.89 bits per heavy atom. The molecule has 0 saturated carbocycles. The lowest BCUT2D eigenvalue weighted by molar-refractivity contribution is -0.141. The summed E-state index contributed by atoms with van der Waals surface area (Å²) in [6.45, 7) is 1.36. The fourth-order valence-corrected chi connectivity index (χ4v) is 0.171. The van der Waals surface area contributed by atoms with Gasteiger partial charge in [0.2, 0.25) is 0 Å². The molecule has 0 aromatic rings. The van der Waals surface area contributed by atoms with Gasteiger partial charge in [0, 0.05) is 0 Å². The first-order chi connectivity index (χ1) is 3.50. The molecule has 0 fully saturated rings. The van der Waals surface area contributed by atoms with Gasteiger partial charge in [-0.1, -0.05) is 0 Å². The van der Waals surface area contributed by atoms with E-state index in [1.165, 1.54) is 6.92 Å². The number of alkyl halides is 1. The Bertz CT molecular complexity index is 105. The van der Waals surface area contributed by atoms with Gasteiger partial charge in [-0.2, -0.15) is 0 Å². The highest BCUT2D eigenvalue weighted by molar-refractivity contribution is 6.20. The molecule has 0 spiro atoms. The molecule has 0 saturated heterocycles. The van der Waals surface area contributed by atoms with Crippen LogP contribution in [0.2, 0.25) is 0 Å². The van der Waals surface area contributed by atoms with E-state index >= 15 is 0 Å². The smallest absolute Gasteiger partial charge is 0.324 e. The fourth-order valence-electron chi connectivity index (χ4n) is 0.0572. The van der Waals surface area contributed by atoms with Gasteiger partial charge in [0.05, 0.1) is 5.88 Å². The van der Waals surface area contributed by atoms with Gasteiger partial charge in [-0.3, -0.25) is 4.79 Å². The first-order valence-corrected chi connectivity index (χ1v) is 2.62. The highest BCUT2D eigenvalue weighted by Crippen LogP contribution is 2.00. The van der Waals surface area contributed by atoms with Gasteiger partial charge in [0.25, 0.3) is 0 Å². The van der Waals surface area contributed by atoms with Crippen molar-refractivity contribution < 1.29 is 9.90 Å². The molecule has 5 heteroatoms. The molecule has 56 valence electrons. The van der Waals surface area contributed by atoms with Crippen LogP contribution >= 0.6 is 24.0 Å². The van der Waals surface area contributed by atoms with Crippen molar-refractivity contribution in [2.75, 3.05) is 5.88 Å². The van der Waals surface area contributed by atoms with Crippen LogP contribution in [0.4, 0.5) is 0 Å². The number of carboxylic acid groups (broad SMARTS) is 1. The molecular formula is C4H9Cl2NO2. The summed E-state index contributed by atoms with van der Waals surface area (Å²) in [5.41, 5.74) is 3.85. The average Bonchev–Trinajstić information content (AvgIpc) is 1.67. The number of hydrogen-bond donors (Lipinski definition) is 2. The number of aliphatic carboxylic acids is 1. The van der Waals surface area contributed by atoms with Gasteiger partial charge in [0.15, 0.2) is 0 Å². The predicted molar refractivity (Wildman–Crippen MR) is 38.2 cm³/mol. The number of halogens is 2. The molecule has 1 unspecified atom stereocenters. The molecule has 0 rings (SSSR count). The molecule has 0 amide bonds. The first kappa shape index (κ1) is 11.8. The summed E-state index contributed by atoms with van der Waals surface area (Å²) < 4.78 is 0. The lowest BCUT2D eigenvalue weighted by Gasteiger charge is -2.13. The van der Waals surface area contributed by atoms with Crippen LogP contribution in [0.5, 0.6) is 0 Å². The third-order valence-corrected chi connectivity index (χ3v) is 1.32. The largest absolute Gasteiger partial charge is 0.480 e. The van der Waals surface area contributed by atoms with E-state index in [0.717, 1.165) is 0 Å². The maximum absolute atomic E-state index is 10.0. The molecule has 9 heavy (non-hydrogen) atoms. The van der Waals surface area contributed by atoms with Crippen molar-refractivity contribution in [3.63, 3.8) is 0 Å². The lowest BCUT2D eigenvalue weighted by Crippen LogP contribution is -2.46. The molecule has 1 atom stereocenters. The SMILES string of the molecule is CC(N)(CCl)C(=O)O.Cl. The van der Waals surface area contributed by atoms with E-state index in [9.17, 15) is 4.79 Å². The Morgan fingerprint density at radius 2 is 2.22 bits per heavy atom. The maximum atomic E-state index is 10.0. The second kappa shape index (κ2) is 3.93. The Hall–Kier alpha value is 0.01000. The van der Waals surface area contributed by atoms with E-state index in [4.69, 9.17) is 22.4 Å². The number of rotatable bonds is 2. The van der Waals surface area contributed by atoms with Gasteiger partial charge in [-0.05, 0) is 6.92 Å². The minimum absolute atomic E-state index is 0. The van der Waals surface area contributed by atoms with E-state index in [1.54, 1.807) is 0 Å². The van der Waals surface area contributed by atoms with Crippen molar-refractivity contribution in [2.45, 2.75) is 12.5 Å². The van der Waals surface area contributed by atoms with Crippen LogP contribution in [0, 0.1) is 0 Å². The Kier molecular flexibility index (Phi) is 5.13. The number of hydrogen-bond acceptors (Lipinski definition) is 2. The summed E-state index contributed by atoms with van der Waals surface area (Å²) in [6.07, 6.45) is 0. The molecule has 0 radical (unpaired) electrons. The normalized spacial score (nSPS) is 15.4. The zero-order chi connectivity index (χ0) is 6.78. The zero-order valence-electron chi connectivity index (χ0n) is 4.93. The second-order valence-corrected chi connectivity index (χ2v) is 2.12. The Morgan fingerprint density at radius 3 is 2.22 bits per heavy atom. The summed E-state index contributed by atoms with van der Waals surface area (Å²) in [5.74, 6) is -1.14.